The number of amides is 1. The molecule has 1 atom stereocenters. The standard InChI is InChI=1S/C11H12BrNO4/c1-13(17)11(16)10(15)6-9(14)7-2-4-8(12)5-3-7/h2-5,9,14,17H,6H2,1H3. The Kier molecular flexibility index (Phi) is 4.80. The number of aliphatic hydroxyl groups excluding tert-OH is 1. The number of hydroxylamine groups is 2. The van der Waals surface area contributed by atoms with Crippen LogP contribution in [0.4, 0.5) is 0 Å². The van der Waals surface area contributed by atoms with Gasteiger partial charge in [-0.3, -0.25) is 14.8 Å². The Hall–Kier alpha value is -1.24. The summed E-state index contributed by atoms with van der Waals surface area (Å²) in [5, 5.41) is 18.7. The Labute approximate surface area is 107 Å². The van der Waals surface area contributed by atoms with E-state index in [0.717, 1.165) is 11.5 Å². The van der Waals surface area contributed by atoms with Gasteiger partial charge in [-0.25, -0.2) is 5.06 Å². The maximum Gasteiger partial charge on any atom is 0.313 e. The normalized spacial score (nSPS) is 12.0. The molecule has 0 saturated heterocycles. The maximum atomic E-state index is 11.3. The Morgan fingerprint density at radius 3 is 2.35 bits per heavy atom. The first-order valence-corrected chi connectivity index (χ1v) is 5.64. The van der Waals surface area contributed by atoms with Gasteiger partial charge in [0.25, 0.3) is 0 Å². The number of rotatable bonds is 4. The third-order valence-corrected chi connectivity index (χ3v) is 2.69. The minimum Gasteiger partial charge on any atom is -0.388 e. The fraction of sp³-hybridized carbons (Fsp3) is 0.273. The van der Waals surface area contributed by atoms with Crippen LogP contribution in [-0.4, -0.2) is 34.1 Å². The lowest BCUT2D eigenvalue weighted by Gasteiger charge is -2.11. The van der Waals surface area contributed by atoms with Gasteiger partial charge >= 0.3 is 5.91 Å². The first kappa shape index (κ1) is 13.8. The Balaban J connectivity index is 2.66. The minimum atomic E-state index is -1.06. The van der Waals surface area contributed by atoms with E-state index in [1.165, 1.54) is 0 Å². The zero-order valence-electron chi connectivity index (χ0n) is 9.13. The van der Waals surface area contributed by atoms with Crippen LogP contribution in [0.3, 0.4) is 0 Å². The molecule has 6 heteroatoms. The molecule has 2 N–H and O–H groups in total. The number of halogens is 1. The number of carbonyl (C=O) groups is 2. The lowest BCUT2D eigenvalue weighted by atomic mass is 10.0. The number of benzene rings is 1. The van der Waals surface area contributed by atoms with Crippen LogP contribution in [0.25, 0.3) is 0 Å². The molecule has 0 aromatic heterocycles. The molecule has 5 nitrogen and oxygen atoms in total. The Morgan fingerprint density at radius 1 is 1.35 bits per heavy atom. The second-order valence-electron chi connectivity index (χ2n) is 3.52. The lowest BCUT2D eigenvalue weighted by Crippen LogP contribution is -2.31. The first-order valence-electron chi connectivity index (χ1n) is 4.85. The summed E-state index contributed by atoms with van der Waals surface area (Å²) in [6.45, 7) is 0. The van der Waals surface area contributed by atoms with Gasteiger partial charge in [0.2, 0.25) is 5.78 Å². The molecular weight excluding hydrogens is 290 g/mol. The van der Waals surface area contributed by atoms with E-state index < -0.39 is 17.8 Å². The Morgan fingerprint density at radius 2 is 1.88 bits per heavy atom. The molecule has 1 unspecified atom stereocenters. The van der Waals surface area contributed by atoms with E-state index in [0.29, 0.717) is 5.56 Å². The molecule has 1 rings (SSSR count). The third-order valence-electron chi connectivity index (χ3n) is 2.17. The molecule has 0 aliphatic carbocycles. The van der Waals surface area contributed by atoms with Crippen LogP contribution in [0.1, 0.15) is 18.1 Å². The highest BCUT2D eigenvalue weighted by Gasteiger charge is 2.21. The molecule has 0 saturated carbocycles. The van der Waals surface area contributed by atoms with Gasteiger partial charge in [0.05, 0.1) is 6.10 Å². The molecule has 0 bridgehead atoms. The van der Waals surface area contributed by atoms with Gasteiger partial charge in [0, 0.05) is 17.9 Å². The zero-order chi connectivity index (χ0) is 13.0. The highest BCUT2D eigenvalue weighted by molar-refractivity contribution is 9.10. The molecule has 0 spiro atoms. The molecular formula is C11H12BrNO4. The van der Waals surface area contributed by atoms with E-state index in [2.05, 4.69) is 15.9 Å². The highest BCUT2D eigenvalue weighted by Crippen LogP contribution is 2.19. The summed E-state index contributed by atoms with van der Waals surface area (Å²) in [6.07, 6.45) is -1.41. The molecule has 1 aromatic carbocycles. The largest absolute Gasteiger partial charge is 0.388 e. The van der Waals surface area contributed by atoms with Gasteiger partial charge in [-0.1, -0.05) is 28.1 Å². The first-order chi connectivity index (χ1) is 7.91. The molecule has 1 amide bonds. The molecule has 0 aliphatic heterocycles. The van der Waals surface area contributed by atoms with Crippen molar-refractivity contribution in [1.82, 2.24) is 5.06 Å². The van der Waals surface area contributed by atoms with E-state index in [4.69, 9.17) is 5.21 Å². The number of aliphatic hydroxyl groups is 1. The summed E-state index contributed by atoms with van der Waals surface area (Å²) < 4.78 is 0.853. The smallest absolute Gasteiger partial charge is 0.313 e. The fourth-order valence-electron chi connectivity index (χ4n) is 1.25. The van der Waals surface area contributed by atoms with Gasteiger partial charge in [-0.15, -0.1) is 0 Å². The number of Topliss-reactive ketones (excluding diaryl/α,β-unsaturated/α-hetero) is 1. The molecule has 17 heavy (non-hydrogen) atoms. The molecule has 1 aromatic rings. The van der Waals surface area contributed by atoms with E-state index in [9.17, 15) is 14.7 Å². The molecule has 92 valence electrons. The van der Waals surface area contributed by atoms with E-state index >= 15 is 0 Å². The second kappa shape index (κ2) is 5.90. The Bertz CT molecular complexity index is 416. The number of hydrogen-bond acceptors (Lipinski definition) is 4. The zero-order valence-corrected chi connectivity index (χ0v) is 10.7. The average Bonchev–Trinajstić information content (AvgIpc) is 2.28. The second-order valence-corrected chi connectivity index (χ2v) is 4.44. The fourth-order valence-corrected chi connectivity index (χ4v) is 1.51. The van der Waals surface area contributed by atoms with Crippen LogP contribution in [0.2, 0.25) is 0 Å². The van der Waals surface area contributed by atoms with Crippen molar-refractivity contribution in [2.24, 2.45) is 0 Å². The van der Waals surface area contributed by atoms with E-state index in [1.807, 2.05) is 0 Å². The van der Waals surface area contributed by atoms with Crippen LogP contribution < -0.4 is 0 Å². The molecule has 0 heterocycles. The predicted molar refractivity (Wildman–Crippen MR) is 63.3 cm³/mol. The molecule has 0 fully saturated rings. The maximum absolute atomic E-state index is 11.3. The number of carbonyl (C=O) groups excluding carboxylic acids is 2. The van der Waals surface area contributed by atoms with Gasteiger partial charge in [-0.05, 0) is 17.7 Å². The lowest BCUT2D eigenvalue weighted by molar-refractivity contribution is -0.166. The van der Waals surface area contributed by atoms with Crippen LogP contribution in [0.5, 0.6) is 0 Å². The SMILES string of the molecule is CN(O)C(=O)C(=O)CC(O)c1ccc(Br)cc1. The number of nitrogens with zero attached hydrogens (tertiary/aromatic N) is 1. The quantitative estimate of drug-likeness (QED) is 0.499. The van der Waals surface area contributed by atoms with Crippen molar-refractivity contribution in [2.45, 2.75) is 12.5 Å². The van der Waals surface area contributed by atoms with Gasteiger partial charge in [-0.2, -0.15) is 0 Å². The van der Waals surface area contributed by atoms with Crippen molar-refractivity contribution >= 4 is 27.6 Å². The number of likely N-dealkylation sites (N-methyl/N-ethyl adjacent to an activating group) is 1. The summed E-state index contributed by atoms with van der Waals surface area (Å²) in [6, 6.07) is 6.75. The van der Waals surface area contributed by atoms with Crippen molar-refractivity contribution < 1.29 is 19.9 Å². The van der Waals surface area contributed by atoms with E-state index in [-0.39, 0.29) is 11.5 Å². The summed E-state index contributed by atoms with van der Waals surface area (Å²) in [4.78, 5) is 22.4. The van der Waals surface area contributed by atoms with Crippen molar-refractivity contribution in [2.75, 3.05) is 7.05 Å². The van der Waals surface area contributed by atoms with Crippen LogP contribution in [-0.2, 0) is 9.59 Å². The van der Waals surface area contributed by atoms with Crippen molar-refractivity contribution in [3.05, 3.63) is 34.3 Å². The van der Waals surface area contributed by atoms with Gasteiger partial charge in [0.1, 0.15) is 0 Å². The minimum absolute atomic E-state index is 0.205. The summed E-state index contributed by atoms with van der Waals surface area (Å²) in [5.41, 5.74) is 0.537. The number of ketones is 1. The van der Waals surface area contributed by atoms with E-state index in [1.54, 1.807) is 24.3 Å². The van der Waals surface area contributed by atoms with Gasteiger partial charge < -0.3 is 5.11 Å². The van der Waals surface area contributed by atoms with Crippen molar-refractivity contribution in [3.8, 4) is 0 Å². The van der Waals surface area contributed by atoms with Crippen molar-refractivity contribution in [1.29, 1.82) is 0 Å². The third kappa shape index (κ3) is 3.92. The summed E-state index contributed by atoms with van der Waals surface area (Å²) in [5.74, 6) is -1.88. The van der Waals surface area contributed by atoms with Crippen LogP contribution in [0, 0.1) is 0 Å². The molecule has 0 aliphatic rings. The van der Waals surface area contributed by atoms with Crippen LogP contribution >= 0.6 is 15.9 Å². The topological polar surface area (TPSA) is 77.8 Å². The van der Waals surface area contributed by atoms with Crippen molar-refractivity contribution in [3.63, 3.8) is 0 Å². The monoisotopic (exact) mass is 301 g/mol. The highest BCUT2D eigenvalue weighted by atomic mass is 79.9. The van der Waals surface area contributed by atoms with Gasteiger partial charge in [0.15, 0.2) is 0 Å². The number of hydrogen-bond donors (Lipinski definition) is 2. The summed E-state index contributed by atoms with van der Waals surface area (Å²) >= 11 is 3.25. The summed E-state index contributed by atoms with van der Waals surface area (Å²) in [7, 11) is 1.06. The predicted octanol–water partition coefficient (Wildman–Crippen LogP) is 1.29. The molecule has 0 radical (unpaired) electrons. The van der Waals surface area contributed by atoms with Crippen LogP contribution in [0.15, 0.2) is 28.7 Å². The average molecular weight is 302 g/mol.